The van der Waals surface area contributed by atoms with E-state index in [1.54, 1.807) is 66.7 Å². The number of halogens is 1. The number of nitriles is 1. The van der Waals surface area contributed by atoms with Crippen LogP contribution in [0.2, 0.25) is 5.02 Å². The molecule has 0 saturated heterocycles. The molecule has 0 fully saturated rings. The predicted octanol–water partition coefficient (Wildman–Crippen LogP) is 5.44. The van der Waals surface area contributed by atoms with Gasteiger partial charge in [-0.3, -0.25) is 4.72 Å². The molecule has 0 saturated carbocycles. The number of allylic oxidation sites excluding steroid dienone is 1. The van der Waals surface area contributed by atoms with Crippen molar-refractivity contribution < 1.29 is 13.2 Å². The van der Waals surface area contributed by atoms with Crippen LogP contribution in [0.1, 0.15) is 5.56 Å². The van der Waals surface area contributed by atoms with Crippen molar-refractivity contribution in [1.82, 2.24) is 0 Å². The van der Waals surface area contributed by atoms with Crippen molar-refractivity contribution in [3.05, 3.63) is 94.4 Å². The van der Waals surface area contributed by atoms with Gasteiger partial charge in [-0.05, 0) is 48.0 Å². The Hall–Kier alpha value is -3.27. The molecule has 1 N–H and O–H groups in total. The molecule has 0 atom stereocenters. The van der Waals surface area contributed by atoms with Crippen LogP contribution in [0, 0.1) is 11.3 Å². The lowest BCUT2D eigenvalue weighted by Crippen LogP contribution is -2.14. The smallest absolute Gasteiger partial charge is 0.272 e. The molecule has 0 heterocycles. The van der Waals surface area contributed by atoms with E-state index in [4.69, 9.17) is 16.3 Å². The fourth-order valence-electron chi connectivity index (χ4n) is 2.34. The van der Waals surface area contributed by atoms with Crippen molar-refractivity contribution in [3.8, 4) is 17.6 Å². The Balaban J connectivity index is 1.89. The van der Waals surface area contributed by atoms with Crippen LogP contribution in [-0.4, -0.2) is 8.42 Å². The summed E-state index contributed by atoms with van der Waals surface area (Å²) >= 11 is 5.83. The van der Waals surface area contributed by atoms with Gasteiger partial charge in [0.25, 0.3) is 10.0 Å². The van der Waals surface area contributed by atoms with E-state index in [1.165, 1.54) is 6.08 Å². The highest BCUT2D eigenvalue weighted by Gasteiger charge is 2.20. The Bertz CT molecular complexity index is 1140. The van der Waals surface area contributed by atoms with E-state index < -0.39 is 14.9 Å². The van der Waals surface area contributed by atoms with Gasteiger partial charge >= 0.3 is 0 Å². The molecular weight excluding hydrogens is 396 g/mol. The molecule has 0 aliphatic heterocycles. The first-order valence-electron chi connectivity index (χ1n) is 8.20. The second-order valence-corrected chi connectivity index (χ2v) is 7.78. The molecule has 140 valence electrons. The molecule has 3 aromatic carbocycles. The van der Waals surface area contributed by atoms with Gasteiger partial charge in [-0.15, -0.1) is 0 Å². The third kappa shape index (κ3) is 4.92. The van der Waals surface area contributed by atoms with E-state index in [0.717, 1.165) is 0 Å². The highest BCUT2D eigenvalue weighted by atomic mass is 35.5. The van der Waals surface area contributed by atoms with E-state index in [0.29, 0.717) is 22.1 Å². The quantitative estimate of drug-likeness (QED) is 0.549. The summed E-state index contributed by atoms with van der Waals surface area (Å²) in [5, 5.41) is 9.88. The lowest BCUT2D eigenvalue weighted by Gasteiger charge is -2.13. The summed E-state index contributed by atoms with van der Waals surface area (Å²) in [5.74, 6) is 0.882. The number of sulfonamides is 1. The summed E-state index contributed by atoms with van der Waals surface area (Å²) in [7, 11) is -4.11. The van der Waals surface area contributed by atoms with Crippen molar-refractivity contribution in [1.29, 1.82) is 5.26 Å². The van der Waals surface area contributed by atoms with Gasteiger partial charge in [0, 0.05) is 5.02 Å². The van der Waals surface area contributed by atoms with Gasteiger partial charge in [0.15, 0.2) is 10.7 Å². The van der Waals surface area contributed by atoms with Crippen LogP contribution in [0.4, 0.5) is 5.69 Å². The molecule has 0 aliphatic rings. The molecule has 0 spiro atoms. The fraction of sp³-hybridized carbons (Fsp3) is 0. The lowest BCUT2D eigenvalue weighted by atomic mass is 10.2. The van der Waals surface area contributed by atoms with E-state index in [9.17, 15) is 13.7 Å². The molecule has 3 rings (SSSR count). The lowest BCUT2D eigenvalue weighted by molar-refractivity contribution is 0.485. The van der Waals surface area contributed by atoms with Gasteiger partial charge in [-0.2, -0.15) is 5.26 Å². The summed E-state index contributed by atoms with van der Waals surface area (Å²) in [4.78, 5) is -0.427. The Labute approximate surface area is 168 Å². The Morgan fingerprint density at radius 1 is 0.964 bits per heavy atom. The third-order valence-corrected chi connectivity index (χ3v) is 5.20. The standard InChI is InChI=1S/C21H15ClN2O3S/c22-17-12-10-16(11-13-17)14-19(15-23)28(25,26)24-20-8-4-5-9-21(20)27-18-6-2-1-3-7-18/h1-14,24H/b19-14-. The normalized spacial score (nSPS) is 11.5. The highest BCUT2D eigenvalue weighted by Crippen LogP contribution is 2.30. The van der Waals surface area contributed by atoms with Gasteiger partial charge in [0.2, 0.25) is 0 Å². The number of para-hydroxylation sites is 3. The van der Waals surface area contributed by atoms with Crippen molar-refractivity contribution in [2.75, 3.05) is 4.72 Å². The van der Waals surface area contributed by atoms with Gasteiger partial charge in [0.1, 0.15) is 11.8 Å². The first-order valence-corrected chi connectivity index (χ1v) is 10.1. The minimum absolute atomic E-state index is 0.226. The molecule has 0 amide bonds. The molecule has 0 aromatic heterocycles. The van der Waals surface area contributed by atoms with Crippen LogP contribution in [0.15, 0.2) is 83.8 Å². The van der Waals surface area contributed by atoms with Crippen LogP contribution in [-0.2, 0) is 10.0 Å². The van der Waals surface area contributed by atoms with Crippen LogP contribution in [0.5, 0.6) is 11.5 Å². The minimum atomic E-state index is -4.11. The summed E-state index contributed by atoms with van der Waals surface area (Å²) in [6.07, 6.45) is 1.28. The molecule has 0 aliphatic carbocycles. The number of benzene rings is 3. The maximum absolute atomic E-state index is 12.7. The summed E-state index contributed by atoms with van der Waals surface area (Å²) < 4.78 is 33.6. The highest BCUT2D eigenvalue weighted by molar-refractivity contribution is 7.97. The van der Waals surface area contributed by atoms with Crippen LogP contribution in [0.3, 0.4) is 0 Å². The number of hydrogen-bond donors (Lipinski definition) is 1. The number of rotatable bonds is 6. The number of nitrogens with zero attached hydrogens (tertiary/aromatic N) is 1. The molecule has 28 heavy (non-hydrogen) atoms. The number of nitrogens with one attached hydrogen (secondary N) is 1. The average molecular weight is 411 g/mol. The molecule has 0 unspecified atom stereocenters. The Morgan fingerprint density at radius 2 is 1.61 bits per heavy atom. The van der Waals surface area contributed by atoms with Crippen molar-refractivity contribution in [2.24, 2.45) is 0 Å². The first-order chi connectivity index (χ1) is 13.5. The molecule has 0 bridgehead atoms. The number of anilines is 1. The van der Waals surface area contributed by atoms with E-state index in [-0.39, 0.29) is 5.69 Å². The van der Waals surface area contributed by atoms with Crippen molar-refractivity contribution in [2.45, 2.75) is 0 Å². The van der Waals surface area contributed by atoms with E-state index >= 15 is 0 Å². The number of hydrogen-bond acceptors (Lipinski definition) is 4. The predicted molar refractivity (Wildman–Crippen MR) is 111 cm³/mol. The molecule has 5 nitrogen and oxygen atoms in total. The zero-order valence-corrected chi connectivity index (χ0v) is 16.1. The van der Waals surface area contributed by atoms with E-state index in [1.807, 2.05) is 18.2 Å². The minimum Gasteiger partial charge on any atom is -0.455 e. The van der Waals surface area contributed by atoms with Crippen LogP contribution in [0.25, 0.3) is 6.08 Å². The van der Waals surface area contributed by atoms with Gasteiger partial charge < -0.3 is 4.74 Å². The zero-order chi connectivity index (χ0) is 20.0. The third-order valence-electron chi connectivity index (χ3n) is 3.67. The topological polar surface area (TPSA) is 79.2 Å². The maximum Gasteiger partial charge on any atom is 0.272 e. The zero-order valence-electron chi connectivity index (χ0n) is 14.5. The van der Waals surface area contributed by atoms with Gasteiger partial charge in [-0.1, -0.05) is 54.1 Å². The summed E-state index contributed by atoms with van der Waals surface area (Å²) in [6, 6.07) is 23.8. The van der Waals surface area contributed by atoms with Gasteiger partial charge in [0.05, 0.1) is 5.69 Å². The van der Waals surface area contributed by atoms with Crippen molar-refractivity contribution >= 4 is 33.4 Å². The number of ether oxygens (including phenoxy) is 1. The SMILES string of the molecule is N#C/C(=C/c1ccc(Cl)cc1)S(=O)(=O)Nc1ccccc1Oc1ccccc1. The van der Waals surface area contributed by atoms with Gasteiger partial charge in [-0.25, -0.2) is 8.42 Å². The second kappa shape index (κ2) is 8.61. The average Bonchev–Trinajstić information content (AvgIpc) is 2.69. The molecule has 0 radical (unpaired) electrons. The van der Waals surface area contributed by atoms with Crippen molar-refractivity contribution in [3.63, 3.8) is 0 Å². The van der Waals surface area contributed by atoms with Crippen LogP contribution >= 0.6 is 11.6 Å². The first kappa shape index (κ1) is 19.5. The summed E-state index contributed by atoms with van der Waals surface area (Å²) in [6.45, 7) is 0. The van der Waals surface area contributed by atoms with E-state index in [2.05, 4.69) is 4.72 Å². The molecule has 7 heteroatoms. The molecular formula is C21H15ClN2O3S. The monoisotopic (exact) mass is 410 g/mol. The second-order valence-electron chi connectivity index (χ2n) is 5.69. The Morgan fingerprint density at radius 3 is 2.29 bits per heavy atom. The largest absolute Gasteiger partial charge is 0.455 e. The molecule has 3 aromatic rings. The summed E-state index contributed by atoms with van der Waals surface area (Å²) in [5.41, 5.74) is 0.767. The maximum atomic E-state index is 12.7. The van der Waals surface area contributed by atoms with Crippen LogP contribution < -0.4 is 9.46 Å². The fourth-order valence-corrected chi connectivity index (χ4v) is 3.44. The Kier molecular flexibility index (Phi) is 5.99.